The summed E-state index contributed by atoms with van der Waals surface area (Å²) in [7, 11) is 1.47. The topological polar surface area (TPSA) is 33.2 Å². The van der Waals surface area contributed by atoms with Crippen molar-refractivity contribution in [2.75, 3.05) is 7.05 Å². The van der Waals surface area contributed by atoms with Crippen LogP contribution in [0.5, 0.6) is 0 Å². The average Bonchev–Trinajstić information content (AvgIpc) is 2.38. The lowest BCUT2D eigenvalue weighted by atomic mass is 10.1. The molecule has 0 spiro atoms. The standard InChI is InChI=1S/C14H11BrF2N2O/c1-19(8-10-4-2-3-5-18-10)14(20)13-11(16)6-9(15)7-12(13)17/h2-7H,8H2,1H3. The Bertz CT molecular complexity index is 611. The van der Waals surface area contributed by atoms with Crippen LogP contribution in [0.3, 0.4) is 0 Å². The van der Waals surface area contributed by atoms with Crippen molar-refractivity contribution in [3.8, 4) is 0 Å². The smallest absolute Gasteiger partial charge is 0.259 e. The molecule has 0 saturated carbocycles. The van der Waals surface area contributed by atoms with Gasteiger partial charge in [-0.25, -0.2) is 8.78 Å². The maximum absolute atomic E-state index is 13.7. The molecule has 0 N–H and O–H groups in total. The van der Waals surface area contributed by atoms with E-state index >= 15 is 0 Å². The van der Waals surface area contributed by atoms with E-state index in [1.807, 2.05) is 0 Å². The fraction of sp³-hybridized carbons (Fsp3) is 0.143. The van der Waals surface area contributed by atoms with Crippen molar-refractivity contribution in [1.29, 1.82) is 0 Å². The van der Waals surface area contributed by atoms with Crippen LogP contribution in [0.2, 0.25) is 0 Å². The van der Waals surface area contributed by atoms with E-state index < -0.39 is 23.1 Å². The zero-order valence-electron chi connectivity index (χ0n) is 10.6. The van der Waals surface area contributed by atoms with Crippen LogP contribution >= 0.6 is 15.9 Å². The third-order valence-corrected chi connectivity index (χ3v) is 3.15. The van der Waals surface area contributed by atoms with Gasteiger partial charge in [-0.15, -0.1) is 0 Å². The number of hydrogen-bond acceptors (Lipinski definition) is 2. The number of hydrogen-bond donors (Lipinski definition) is 0. The summed E-state index contributed by atoms with van der Waals surface area (Å²) in [5, 5.41) is 0. The second-order valence-electron chi connectivity index (χ2n) is 4.23. The first-order valence-electron chi connectivity index (χ1n) is 5.79. The summed E-state index contributed by atoms with van der Waals surface area (Å²) in [6.07, 6.45) is 1.59. The van der Waals surface area contributed by atoms with E-state index in [0.717, 1.165) is 12.1 Å². The van der Waals surface area contributed by atoms with Gasteiger partial charge in [0.2, 0.25) is 0 Å². The van der Waals surface area contributed by atoms with Crippen molar-refractivity contribution < 1.29 is 13.6 Å². The second-order valence-corrected chi connectivity index (χ2v) is 5.14. The Kier molecular flexibility index (Phi) is 4.44. The highest BCUT2D eigenvalue weighted by Crippen LogP contribution is 2.21. The average molecular weight is 341 g/mol. The Hall–Kier alpha value is -1.82. The zero-order chi connectivity index (χ0) is 14.7. The molecule has 3 nitrogen and oxygen atoms in total. The molecule has 104 valence electrons. The van der Waals surface area contributed by atoms with Crippen LogP contribution in [0.15, 0.2) is 41.0 Å². The molecule has 0 unspecified atom stereocenters. The fourth-order valence-corrected chi connectivity index (χ4v) is 2.15. The minimum absolute atomic E-state index is 0.175. The quantitative estimate of drug-likeness (QED) is 0.857. The van der Waals surface area contributed by atoms with Gasteiger partial charge in [-0.05, 0) is 24.3 Å². The highest BCUT2D eigenvalue weighted by molar-refractivity contribution is 9.10. The summed E-state index contributed by atoms with van der Waals surface area (Å²) in [5.74, 6) is -2.51. The van der Waals surface area contributed by atoms with Gasteiger partial charge >= 0.3 is 0 Å². The molecule has 0 aliphatic rings. The number of amides is 1. The van der Waals surface area contributed by atoms with Crippen molar-refractivity contribution in [2.24, 2.45) is 0 Å². The Morgan fingerprint density at radius 1 is 1.30 bits per heavy atom. The van der Waals surface area contributed by atoms with E-state index in [1.54, 1.807) is 24.4 Å². The van der Waals surface area contributed by atoms with Crippen LogP contribution in [-0.2, 0) is 6.54 Å². The van der Waals surface area contributed by atoms with E-state index in [0.29, 0.717) is 5.69 Å². The number of aromatic nitrogens is 1. The van der Waals surface area contributed by atoms with E-state index in [4.69, 9.17) is 0 Å². The molecule has 0 bridgehead atoms. The molecule has 0 fully saturated rings. The van der Waals surface area contributed by atoms with E-state index in [2.05, 4.69) is 20.9 Å². The number of pyridine rings is 1. The molecule has 0 aliphatic heterocycles. The summed E-state index contributed by atoms with van der Waals surface area (Å²) in [6, 6.07) is 7.38. The molecule has 1 amide bonds. The van der Waals surface area contributed by atoms with Crippen LogP contribution in [0.4, 0.5) is 8.78 Å². The van der Waals surface area contributed by atoms with Gasteiger partial charge in [0, 0.05) is 17.7 Å². The molecular weight excluding hydrogens is 330 g/mol. The molecule has 0 atom stereocenters. The summed E-state index contributed by atoms with van der Waals surface area (Å²) < 4.78 is 27.7. The highest BCUT2D eigenvalue weighted by atomic mass is 79.9. The molecular formula is C14H11BrF2N2O. The van der Waals surface area contributed by atoms with Crippen LogP contribution in [0, 0.1) is 11.6 Å². The molecule has 1 aromatic carbocycles. The van der Waals surface area contributed by atoms with Crippen molar-refractivity contribution in [3.63, 3.8) is 0 Å². The Balaban J connectivity index is 2.23. The number of halogens is 3. The predicted molar refractivity (Wildman–Crippen MR) is 74.1 cm³/mol. The molecule has 1 heterocycles. The van der Waals surface area contributed by atoms with Gasteiger partial charge in [0.05, 0.1) is 12.2 Å². The van der Waals surface area contributed by atoms with Gasteiger partial charge in [0.1, 0.15) is 17.2 Å². The van der Waals surface area contributed by atoms with Crippen LogP contribution < -0.4 is 0 Å². The van der Waals surface area contributed by atoms with E-state index in [1.165, 1.54) is 11.9 Å². The maximum Gasteiger partial charge on any atom is 0.259 e. The lowest BCUT2D eigenvalue weighted by molar-refractivity contribution is 0.0773. The van der Waals surface area contributed by atoms with Gasteiger partial charge in [0.15, 0.2) is 0 Å². The first kappa shape index (κ1) is 14.6. The van der Waals surface area contributed by atoms with Crippen molar-refractivity contribution in [1.82, 2.24) is 9.88 Å². The first-order valence-corrected chi connectivity index (χ1v) is 6.58. The van der Waals surface area contributed by atoms with Crippen LogP contribution in [0.25, 0.3) is 0 Å². The maximum atomic E-state index is 13.7. The molecule has 2 aromatic rings. The van der Waals surface area contributed by atoms with Gasteiger partial charge in [-0.2, -0.15) is 0 Å². The van der Waals surface area contributed by atoms with Gasteiger partial charge in [0.25, 0.3) is 5.91 Å². The largest absolute Gasteiger partial charge is 0.336 e. The molecule has 20 heavy (non-hydrogen) atoms. The van der Waals surface area contributed by atoms with Gasteiger partial charge in [-0.1, -0.05) is 22.0 Å². The zero-order valence-corrected chi connectivity index (χ0v) is 12.2. The number of nitrogens with zero attached hydrogens (tertiary/aromatic N) is 2. The van der Waals surface area contributed by atoms with Gasteiger partial charge in [-0.3, -0.25) is 9.78 Å². The lowest BCUT2D eigenvalue weighted by Gasteiger charge is -2.17. The normalized spacial score (nSPS) is 10.4. The number of carbonyl (C=O) groups is 1. The summed E-state index contributed by atoms with van der Waals surface area (Å²) in [5.41, 5.74) is 0.0768. The van der Waals surface area contributed by atoms with Crippen LogP contribution in [-0.4, -0.2) is 22.8 Å². The SMILES string of the molecule is CN(Cc1ccccn1)C(=O)c1c(F)cc(Br)cc1F. The van der Waals surface area contributed by atoms with Gasteiger partial charge < -0.3 is 4.90 Å². The minimum Gasteiger partial charge on any atom is -0.336 e. The van der Waals surface area contributed by atoms with Crippen LogP contribution in [0.1, 0.15) is 16.1 Å². The molecule has 1 aromatic heterocycles. The minimum atomic E-state index is -0.894. The summed E-state index contributed by atoms with van der Waals surface area (Å²) in [6.45, 7) is 0.175. The monoisotopic (exact) mass is 340 g/mol. The Labute approximate surface area is 123 Å². The molecule has 0 saturated heterocycles. The number of benzene rings is 1. The molecule has 6 heteroatoms. The summed E-state index contributed by atoms with van der Waals surface area (Å²) in [4.78, 5) is 17.4. The summed E-state index contributed by atoms with van der Waals surface area (Å²) >= 11 is 2.97. The van der Waals surface area contributed by atoms with Crippen molar-refractivity contribution in [3.05, 3.63) is 63.9 Å². The third-order valence-electron chi connectivity index (χ3n) is 2.69. The fourth-order valence-electron chi connectivity index (χ4n) is 1.74. The first-order chi connectivity index (χ1) is 9.49. The Morgan fingerprint density at radius 2 is 1.95 bits per heavy atom. The Morgan fingerprint density at radius 3 is 2.50 bits per heavy atom. The van der Waals surface area contributed by atoms with Crippen molar-refractivity contribution in [2.45, 2.75) is 6.54 Å². The third kappa shape index (κ3) is 3.19. The molecule has 0 radical (unpaired) electrons. The number of carbonyl (C=O) groups excluding carboxylic acids is 1. The predicted octanol–water partition coefficient (Wildman–Crippen LogP) is 3.39. The van der Waals surface area contributed by atoms with E-state index in [9.17, 15) is 13.6 Å². The lowest BCUT2D eigenvalue weighted by Crippen LogP contribution is -2.28. The highest BCUT2D eigenvalue weighted by Gasteiger charge is 2.21. The number of rotatable bonds is 3. The van der Waals surface area contributed by atoms with Crippen molar-refractivity contribution >= 4 is 21.8 Å². The second kappa shape index (κ2) is 6.09. The molecule has 2 rings (SSSR count). The van der Waals surface area contributed by atoms with E-state index in [-0.39, 0.29) is 11.0 Å². The molecule has 0 aliphatic carbocycles.